The molecule has 0 fully saturated rings. The van der Waals surface area contributed by atoms with Gasteiger partial charge >= 0.3 is 18.0 Å². The number of rotatable bonds is 8. The molecule has 0 aromatic rings. The number of esters is 2. The molecule has 0 aromatic carbocycles. The summed E-state index contributed by atoms with van der Waals surface area (Å²) in [4.78, 5) is 47.1. The fraction of sp³-hybridized carbons (Fsp3) is 0.647. The Morgan fingerprint density at radius 3 is 2.00 bits per heavy atom. The fourth-order valence-electron chi connectivity index (χ4n) is 1.84. The van der Waals surface area contributed by atoms with Crippen molar-refractivity contribution < 1.29 is 33.4 Å². The minimum atomic E-state index is -1.08. The van der Waals surface area contributed by atoms with Gasteiger partial charge in [0, 0.05) is 12.8 Å². The Kier molecular flexibility index (Phi) is 9.81. The molecule has 0 bridgehead atoms. The van der Waals surface area contributed by atoms with Gasteiger partial charge in [0.05, 0.1) is 14.2 Å². The van der Waals surface area contributed by atoms with Crippen molar-refractivity contribution in [3.8, 4) is 12.3 Å². The van der Waals surface area contributed by atoms with Crippen LogP contribution in [0.5, 0.6) is 0 Å². The highest BCUT2D eigenvalue weighted by atomic mass is 16.6. The smallest absolute Gasteiger partial charge is 0.408 e. The lowest BCUT2D eigenvalue weighted by Crippen LogP contribution is -2.45. The molecule has 0 aliphatic rings. The molecule has 0 heterocycles. The highest BCUT2D eigenvalue weighted by Gasteiger charge is 2.27. The SMILES string of the molecule is C#CC[C@H](NC(=O)CC[C@H](NC(=O)OC(C)(C)C)C(=O)OC)C(=O)OC. The Morgan fingerprint density at radius 2 is 1.54 bits per heavy atom. The van der Waals surface area contributed by atoms with Crippen molar-refractivity contribution in [1.82, 2.24) is 10.6 Å². The molecule has 0 rings (SSSR count). The minimum absolute atomic E-state index is 0.0327. The van der Waals surface area contributed by atoms with Crippen molar-refractivity contribution in [1.29, 1.82) is 0 Å². The highest BCUT2D eigenvalue weighted by molar-refractivity contribution is 5.86. The number of ether oxygens (including phenoxy) is 3. The summed E-state index contributed by atoms with van der Waals surface area (Å²) >= 11 is 0. The van der Waals surface area contributed by atoms with Crippen molar-refractivity contribution in [3.63, 3.8) is 0 Å². The van der Waals surface area contributed by atoms with Gasteiger partial charge in [0.15, 0.2) is 0 Å². The molecule has 0 aromatic heterocycles. The van der Waals surface area contributed by atoms with Gasteiger partial charge in [-0.2, -0.15) is 0 Å². The number of alkyl carbamates (subject to hydrolysis) is 1. The number of amides is 2. The van der Waals surface area contributed by atoms with E-state index in [9.17, 15) is 19.2 Å². The summed E-state index contributed by atoms with van der Waals surface area (Å²) in [6.07, 6.45) is 4.09. The zero-order valence-electron chi connectivity index (χ0n) is 15.7. The van der Waals surface area contributed by atoms with E-state index in [0.717, 1.165) is 7.11 Å². The van der Waals surface area contributed by atoms with Crippen molar-refractivity contribution in [2.75, 3.05) is 14.2 Å². The van der Waals surface area contributed by atoms with E-state index >= 15 is 0 Å². The third kappa shape index (κ3) is 9.52. The molecular weight excluding hydrogens is 344 g/mol. The number of methoxy groups -OCH3 is 2. The van der Waals surface area contributed by atoms with Crippen LogP contribution in [-0.4, -0.2) is 55.8 Å². The first kappa shape index (κ1) is 23.2. The third-order valence-electron chi connectivity index (χ3n) is 2.98. The van der Waals surface area contributed by atoms with E-state index < -0.39 is 41.6 Å². The van der Waals surface area contributed by atoms with Crippen molar-refractivity contribution in [2.24, 2.45) is 0 Å². The van der Waals surface area contributed by atoms with Gasteiger partial charge in [0.1, 0.15) is 17.7 Å². The maximum Gasteiger partial charge on any atom is 0.408 e. The zero-order valence-corrected chi connectivity index (χ0v) is 15.7. The number of carbonyl (C=O) groups is 4. The van der Waals surface area contributed by atoms with Crippen LogP contribution in [0.4, 0.5) is 4.79 Å². The van der Waals surface area contributed by atoms with Gasteiger partial charge in [-0.3, -0.25) is 4.79 Å². The second kappa shape index (κ2) is 11.0. The fourth-order valence-corrected chi connectivity index (χ4v) is 1.84. The summed E-state index contributed by atoms with van der Waals surface area (Å²) in [5.74, 6) is 0.335. The predicted octanol–water partition coefficient (Wildman–Crippen LogP) is 0.514. The van der Waals surface area contributed by atoms with Crippen molar-refractivity contribution in [3.05, 3.63) is 0 Å². The van der Waals surface area contributed by atoms with E-state index in [0.29, 0.717) is 0 Å². The van der Waals surface area contributed by atoms with Crippen LogP contribution in [0.25, 0.3) is 0 Å². The summed E-state index contributed by atoms with van der Waals surface area (Å²) in [6.45, 7) is 5.02. The first-order valence-electron chi connectivity index (χ1n) is 7.92. The van der Waals surface area contributed by atoms with Crippen LogP contribution in [0.3, 0.4) is 0 Å². The van der Waals surface area contributed by atoms with E-state index in [-0.39, 0.29) is 19.3 Å². The second-order valence-corrected chi connectivity index (χ2v) is 6.31. The van der Waals surface area contributed by atoms with Gasteiger partial charge in [0.2, 0.25) is 5.91 Å². The molecular formula is C17H26N2O7. The van der Waals surface area contributed by atoms with Crippen LogP contribution >= 0.6 is 0 Å². The van der Waals surface area contributed by atoms with Gasteiger partial charge in [0.25, 0.3) is 0 Å². The van der Waals surface area contributed by atoms with E-state index in [2.05, 4.69) is 26.0 Å². The normalized spacial score (nSPS) is 12.8. The largest absolute Gasteiger partial charge is 0.467 e. The standard InChI is InChI=1S/C17H26N2O7/c1-7-8-11(14(21)24-5)18-13(20)10-9-12(15(22)25-6)19-16(23)26-17(2,3)4/h1,11-12H,8-10H2,2-6H3,(H,18,20)(H,19,23)/t11-,12-/m0/s1. The van der Waals surface area contributed by atoms with Crippen LogP contribution in [-0.2, 0) is 28.6 Å². The number of hydrogen-bond donors (Lipinski definition) is 2. The summed E-state index contributed by atoms with van der Waals surface area (Å²) < 4.78 is 14.2. The average molecular weight is 370 g/mol. The molecule has 9 heteroatoms. The third-order valence-corrected chi connectivity index (χ3v) is 2.98. The quantitative estimate of drug-likeness (QED) is 0.363. The molecule has 0 saturated carbocycles. The molecule has 0 spiro atoms. The van der Waals surface area contributed by atoms with E-state index in [1.54, 1.807) is 20.8 Å². The van der Waals surface area contributed by atoms with E-state index in [4.69, 9.17) is 11.2 Å². The van der Waals surface area contributed by atoms with Gasteiger partial charge < -0.3 is 24.8 Å². The molecule has 9 nitrogen and oxygen atoms in total. The van der Waals surface area contributed by atoms with Gasteiger partial charge in [-0.25, -0.2) is 14.4 Å². The van der Waals surface area contributed by atoms with Crippen molar-refractivity contribution in [2.45, 2.75) is 57.7 Å². The molecule has 26 heavy (non-hydrogen) atoms. The predicted molar refractivity (Wildman–Crippen MR) is 91.8 cm³/mol. The van der Waals surface area contributed by atoms with Gasteiger partial charge in [-0.1, -0.05) is 0 Å². The number of nitrogens with one attached hydrogen (secondary N) is 2. The lowest BCUT2D eigenvalue weighted by molar-refractivity contribution is -0.145. The maximum absolute atomic E-state index is 12.0. The van der Waals surface area contributed by atoms with E-state index in [1.165, 1.54) is 7.11 Å². The number of terminal acetylenes is 1. The van der Waals surface area contributed by atoms with Crippen LogP contribution < -0.4 is 10.6 Å². The monoisotopic (exact) mass is 370 g/mol. The first-order chi connectivity index (χ1) is 12.0. The average Bonchev–Trinajstić information content (AvgIpc) is 2.55. The summed E-state index contributed by atoms with van der Waals surface area (Å²) in [6, 6.07) is -2.06. The Balaban J connectivity index is 4.76. The molecule has 2 N–H and O–H groups in total. The lowest BCUT2D eigenvalue weighted by Gasteiger charge is -2.22. The first-order valence-corrected chi connectivity index (χ1v) is 7.92. The Bertz CT molecular complexity index is 560. The van der Waals surface area contributed by atoms with Crippen LogP contribution in [0.2, 0.25) is 0 Å². The van der Waals surface area contributed by atoms with E-state index in [1.807, 2.05) is 0 Å². The van der Waals surface area contributed by atoms with Crippen LogP contribution in [0.15, 0.2) is 0 Å². The zero-order chi connectivity index (χ0) is 20.3. The Hall–Kier alpha value is -2.76. The van der Waals surface area contributed by atoms with Gasteiger partial charge in [-0.15, -0.1) is 12.3 Å². The van der Waals surface area contributed by atoms with Crippen LogP contribution in [0, 0.1) is 12.3 Å². The molecule has 0 aliphatic heterocycles. The minimum Gasteiger partial charge on any atom is -0.467 e. The number of hydrogen-bond acceptors (Lipinski definition) is 7. The van der Waals surface area contributed by atoms with Crippen LogP contribution in [0.1, 0.15) is 40.0 Å². The van der Waals surface area contributed by atoms with Gasteiger partial charge in [-0.05, 0) is 27.2 Å². The molecule has 0 saturated heterocycles. The lowest BCUT2D eigenvalue weighted by atomic mass is 10.1. The molecule has 2 amide bonds. The van der Waals surface area contributed by atoms with Crippen molar-refractivity contribution >= 4 is 23.9 Å². The maximum atomic E-state index is 12.0. The molecule has 0 radical (unpaired) electrons. The molecule has 146 valence electrons. The Labute approximate surface area is 153 Å². The summed E-state index contributed by atoms with van der Waals surface area (Å²) in [5, 5.41) is 4.77. The Morgan fingerprint density at radius 1 is 1.00 bits per heavy atom. The molecule has 0 unspecified atom stereocenters. The number of carbonyl (C=O) groups excluding carboxylic acids is 4. The molecule has 0 aliphatic carbocycles. The summed E-state index contributed by atoms with van der Waals surface area (Å²) in [7, 11) is 2.34. The highest BCUT2D eigenvalue weighted by Crippen LogP contribution is 2.08. The topological polar surface area (TPSA) is 120 Å². The second-order valence-electron chi connectivity index (χ2n) is 6.31. The molecule has 2 atom stereocenters. The summed E-state index contributed by atoms with van der Waals surface area (Å²) in [5.41, 5.74) is -0.745.